The number of nitrogens with one attached hydrogen (secondary N) is 1. The number of nitrogens with two attached hydrogens (primary N) is 2. The fourth-order valence-electron chi connectivity index (χ4n) is 2.03. The van der Waals surface area contributed by atoms with Crippen LogP contribution in [0.3, 0.4) is 0 Å². The number of carbonyl (C=O) groups is 1. The zero-order valence-electron chi connectivity index (χ0n) is 8.72. The van der Waals surface area contributed by atoms with Gasteiger partial charge in [0.15, 0.2) is 0 Å². The van der Waals surface area contributed by atoms with Gasteiger partial charge in [-0.2, -0.15) is 0 Å². The molecule has 1 aliphatic rings. The van der Waals surface area contributed by atoms with E-state index in [0.717, 1.165) is 25.7 Å². The molecule has 1 amide bonds. The molecule has 0 bridgehead atoms. The van der Waals surface area contributed by atoms with Gasteiger partial charge in [-0.1, -0.05) is 19.3 Å². The molecule has 0 unspecified atom stereocenters. The summed E-state index contributed by atoms with van der Waals surface area (Å²) in [5.41, 5.74) is 11.2. The van der Waals surface area contributed by atoms with Gasteiger partial charge in [0.2, 0.25) is 5.91 Å². The molecule has 1 rings (SSSR count). The number of rotatable bonds is 4. The first-order valence-electron chi connectivity index (χ1n) is 5.42. The first-order valence-corrected chi connectivity index (χ1v) is 5.42. The molecule has 0 heterocycles. The third-order valence-electron chi connectivity index (χ3n) is 2.83. The molecule has 1 saturated carbocycles. The Morgan fingerprint density at radius 1 is 1.29 bits per heavy atom. The Morgan fingerprint density at radius 2 is 1.93 bits per heavy atom. The van der Waals surface area contributed by atoms with Crippen molar-refractivity contribution in [1.29, 1.82) is 0 Å². The summed E-state index contributed by atoms with van der Waals surface area (Å²) in [6, 6.07) is 0. The van der Waals surface area contributed by atoms with E-state index in [1.54, 1.807) is 0 Å². The van der Waals surface area contributed by atoms with Crippen LogP contribution in [0.25, 0.3) is 0 Å². The molecule has 4 heteroatoms. The summed E-state index contributed by atoms with van der Waals surface area (Å²) in [4.78, 5) is 11.4. The molecule has 0 aromatic carbocycles. The highest BCUT2D eigenvalue weighted by atomic mass is 16.1. The fourth-order valence-corrected chi connectivity index (χ4v) is 2.03. The lowest BCUT2D eigenvalue weighted by molar-refractivity contribution is -0.122. The highest BCUT2D eigenvalue weighted by Gasteiger charge is 2.29. The average molecular weight is 199 g/mol. The van der Waals surface area contributed by atoms with Crippen LogP contribution in [-0.4, -0.2) is 24.5 Å². The van der Waals surface area contributed by atoms with Gasteiger partial charge in [0.1, 0.15) is 0 Å². The molecule has 14 heavy (non-hydrogen) atoms. The predicted molar refractivity (Wildman–Crippen MR) is 56.7 cm³/mol. The minimum atomic E-state index is -0.253. The maximum atomic E-state index is 11.4. The van der Waals surface area contributed by atoms with Crippen molar-refractivity contribution in [1.82, 2.24) is 5.32 Å². The van der Waals surface area contributed by atoms with Gasteiger partial charge >= 0.3 is 0 Å². The summed E-state index contributed by atoms with van der Waals surface area (Å²) in [5.74, 6) is 0.0415. The van der Waals surface area contributed by atoms with E-state index in [-0.39, 0.29) is 11.4 Å². The Labute approximate surface area is 85.4 Å². The summed E-state index contributed by atoms with van der Waals surface area (Å²) >= 11 is 0. The number of hydrogen-bond donors (Lipinski definition) is 3. The van der Waals surface area contributed by atoms with Crippen LogP contribution in [-0.2, 0) is 4.79 Å². The molecule has 0 aromatic heterocycles. The van der Waals surface area contributed by atoms with Crippen LogP contribution in [0.2, 0.25) is 0 Å². The van der Waals surface area contributed by atoms with E-state index in [1.165, 1.54) is 6.42 Å². The van der Waals surface area contributed by atoms with Gasteiger partial charge in [0, 0.05) is 25.0 Å². The third kappa shape index (κ3) is 3.64. The minimum absolute atomic E-state index is 0.0415. The molecular weight excluding hydrogens is 178 g/mol. The molecule has 0 saturated heterocycles. The van der Waals surface area contributed by atoms with Crippen molar-refractivity contribution in [2.24, 2.45) is 11.5 Å². The first kappa shape index (κ1) is 11.5. The summed E-state index contributed by atoms with van der Waals surface area (Å²) in [5, 5.41) is 2.76. The monoisotopic (exact) mass is 199 g/mol. The molecule has 5 N–H and O–H groups in total. The summed E-state index contributed by atoms with van der Waals surface area (Å²) in [6.07, 6.45) is 5.96. The van der Waals surface area contributed by atoms with E-state index in [4.69, 9.17) is 11.5 Å². The first-order chi connectivity index (χ1) is 6.66. The van der Waals surface area contributed by atoms with Crippen molar-refractivity contribution >= 4 is 5.91 Å². The molecule has 1 aliphatic carbocycles. The van der Waals surface area contributed by atoms with E-state index in [0.29, 0.717) is 19.5 Å². The molecule has 4 nitrogen and oxygen atoms in total. The van der Waals surface area contributed by atoms with Gasteiger partial charge in [0.25, 0.3) is 0 Å². The van der Waals surface area contributed by atoms with Crippen LogP contribution in [0, 0.1) is 0 Å². The van der Waals surface area contributed by atoms with Gasteiger partial charge in [-0.3, -0.25) is 4.79 Å². The Kier molecular flexibility index (Phi) is 4.35. The van der Waals surface area contributed by atoms with Crippen molar-refractivity contribution in [3.05, 3.63) is 0 Å². The third-order valence-corrected chi connectivity index (χ3v) is 2.83. The largest absolute Gasteiger partial charge is 0.355 e. The smallest absolute Gasteiger partial charge is 0.221 e. The Morgan fingerprint density at radius 3 is 2.50 bits per heavy atom. The Hall–Kier alpha value is -0.610. The molecule has 0 radical (unpaired) electrons. The lowest BCUT2D eigenvalue weighted by Gasteiger charge is -2.32. The lowest BCUT2D eigenvalue weighted by atomic mass is 9.80. The number of hydrogen-bond acceptors (Lipinski definition) is 3. The Bertz CT molecular complexity index is 188. The molecule has 82 valence electrons. The second-order valence-electron chi connectivity index (χ2n) is 4.24. The van der Waals surface area contributed by atoms with Gasteiger partial charge in [-0.25, -0.2) is 0 Å². The average Bonchev–Trinajstić information content (AvgIpc) is 2.15. The van der Waals surface area contributed by atoms with Crippen LogP contribution in [0.1, 0.15) is 38.5 Å². The standard InChI is InChI=1S/C10H21N3O/c11-6-7-13-9(14)8-10(12)4-2-1-3-5-10/h1-8,11-12H2,(H,13,14). The Balaban J connectivity index is 2.29. The molecule has 1 fully saturated rings. The van der Waals surface area contributed by atoms with Crippen molar-refractivity contribution in [3.8, 4) is 0 Å². The highest BCUT2D eigenvalue weighted by Crippen LogP contribution is 2.28. The summed E-state index contributed by atoms with van der Waals surface area (Å²) in [7, 11) is 0. The van der Waals surface area contributed by atoms with Crippen molar-refractivity contribution in [2.75, 3.05) is 13.1 Å². The zero-order valence-corrected chi connectivity index (χ0v) is 8.72. The maximum Gasteiger partial charge on any atom is 0.221 e. The topological polar surface area (TPSA) is 81.1 Å². The summed E-state index contributed by atoms with van der Waals surface area (Å²) in [6.45, 7) is 1.04. The van der Waals surface area contributed by atoms with Crippen molar-refractivity contribution in [2.45, 2.75) is 44.1 Å². The quantitative estimate of drug-likeness (QED) is 0.601. The maximum absolute atomic E-state index is 11.4. The molecule has 0 atom stereocenters. The molecule has 0 aliphatic heterocycles. The summed E-state index contributed by atoms with van der Waals surface area (Å²) < 4.78 is 0. The van der Waals surface area contributed by atoms with Crippen LogP contribution < -0.4 is 16.8 Å². The van der Waals surface area contributed by atoms with Crippen molar-refractivity contribution < 1.29 is 4.79 Å². The zero-order chi connectivity index (χ0) is 10.4. The number of amides is 1. The van der Waals surface area contributed by atoms with Gasteiger partial charge < -0.3 is 16.8 Å². The van der Waals surface area contributed by atoms with Gasteiger partial charge in [-0.15, -0.1) is 0 Å². The normalized spacial score (nSPS) is 20.4. The highest BCUT2D eigenvalue weighted by molar-refractivity contribution is 5.77. The molecule has 0 spiro atoms. The SMILES string of the molecule is NCCNC(=O)CC1(N)CCCCC1. The van der Waals surface area contributed by atoms with E-state index >= 15 is 0 Å². The van der Waals surface area contributed by atoms with Crippen molar-refractivity contribution in [3.63, 3.8) is 0 Å². The van der Waals surface area contributed by atoms with Crippen LogP contribution in [0.4, 0.5) is 0 Å². The van der Waals surface area contributed by atoms with Crippen LogP contribution in [0.5, 0.6) is 0 Å². The predicted octanol–water partition coefficient (Wildman–Crippen LogP) is 0.113. The van der Waals surface area contributed by atoms with E-state index in [9.17, 15) is 4.79 Å². The van der Waals surface area contributed by atoms with E-state index < -0.39 is 0 Å². The second kappa shape index (κ2) is 5.32. The second-order valence-corrected chi connectivity index (χ2v) is 4.24. The number of carbonyl (C=O) groups excluding carboxylic acids is 1. The lowest BCUT2D eigenvalue weighted by Crippen LogP contribution is -2.46. The molecular formula is C10H21N3O. The van der Waals surface area contributed by atoms with Crippen LogP contribution >= 0.6 is 0 Å². The molecule has 0 aromatic rings. The fraction of sp³-hybridized carbons (Fsp3) is 0.900. The van der Waals surface area contributed by atoms with Crippen LogP contribution in [0.15, 0.2) is 0 Å². The van der Waals surface area contributed by atoms with Gasteiger partial charge in [0.05, 0.1) is 0 Å². The van der Waals surface area contributed by atoms with E-state index in [2.05, 4.69) is 5.32 Å². The minimum Gasteiger partial charge on any atom is -0.355 e. The van der Waals surface area contributed by atoms with E-state index in [1.807, 2.05) is 0 Å². The van der Waals surface area contributed by atoms with Gasteiger partial charge in [-0.05, 0) is 12.8 Å².